The Labute approximate surface area is 369 Å². The number of benzene rings is 8. The molecule has 8 aromatic carbocycles. The average Bonchev–Trinajstić information content (AvgIpc) is 3.63. The summed E-state index contributed by atoms with van der Waals surface area (Å²) in [5, 5.41) is 0. The number of terminal acetylenes is 1. The van der Waals surface area contributed by atoms with E-state index in [2.05, 4.69) is 224 Å². The maximum Gasteiger partial charge on any atom is 0.0707 e. The first-order valence-corrected chi connectivity index (χ1v) is 22.2. The maximum absolute atomic E-state index is 5.77. The van der Waals surface area contributed by atoms with Crippen LogP contribution in [-0.4, -0.2) is 0 Å². The van der Waals surface area contributed by atoms with Crippen LogP contribution in [0.25, 0.3) is 45.0 Å². The number of anilines is 3. The molecule has 294 valence electrons. The third kappa shape index (κ3) is 6.12. The van der Waals surface area contributed by atoms with Crippen molar-refractivity contribution < 1.29 is 0 Å². The molecule has 8 aromatic rings. The molecule has 1 atom stereocenters. The Morgan fingerprint density at radius 3 is 1.74 bits per heavy atom. The molecule has 0 amide bonds. The van der Waals surface area contributed by atoms with Crippen LogP contribution in [0.1, 0.15) is 46.2 Å². The molecule has 1 nitrogen and oxygen atoms in total. The molecule has 62 heavy (non-hydrogen) atoms. The van der Waals surface area contributed by atoms with Gasteiger partial charge in [0.25, 0.3) is 0 Å². The van der Waals surface area contributed by atoms with Crippen LogP contribution >= 0.6 is 11.8 Å². The zero-order valence-electron chi connectivity index (χ0n) is 34.6. The van der Waals surface area contributed by atoms with Gasteiger partial charge in [-0.05, 0) is 158 Å². The van der Waals surface area contributed by atoms with E-state index < -0.39 is 5.41 Å². The van der Waals surface area contributed by atoms with Gasteiger partial charge in [0.1, 0.15) is 0 Å². The molecule has 0 saturated heterocycles. The van der Waals surface area contributed by atoms with Gasteiger partial charge in [-0.1, -0.05) is 169 Å². The number of rotatable bonds is 7. The van der Waals surface area contributed by atoms with Crippen LogP contribution in [0.3, 0.4) is 0 Å². The number of hydrogen-bond donors (Lipinski definition) is 0. The molecule has 11 rings (SSSR count). The molecule has 0 N–H and O–H groups in total. The predicted octanol–water partition coefficient (Wildman–Crippen LogP) is 16.0. The van der Waals surface area contributed by atoms with Gasteiger partial charge in [0.15, 0.2) is 0 Å². The van der Waals surface area contributed by atoms with Gasteiger partial charge >= 0.3 is 0 Å². The summed E-state index contributed by atoms with van der Waals surface area (Å²) in [5.74, 6) is 2.74. The van der Waals surface area contributed by atoms with Gasteiger partial charge < -0.3 is 4.90 Å². The van der Waals surface area contributed by atoms with Crippen LogP contribution in [0.4, 0.5) is 17.1 Å². The normalized spacial score (nSPS) is 15.8. The van der Waals surface area contributed by atoms with Gasteiger partial charge in [-0.3, -0.25) is 0 Å². The lowest BCUT2D eigenvalue weighted by Gasteiger charge is -2.43. The molecular formula is C60H43NS. The highest BCUT2D eigenvalue weighted by Gasteiger charge is 2.53. The van der Waals surface area contributed by atoms with Crippen molar-refractivity contribution in [3.05, 3.63) is 245 Å². The summed E-state index contributed by atoms with van der Waals surface area (Å²) in [6.45, 7) is 2.30. The van der Waals surface area contributed by atoms with Crippen molar-refractivity contribution in [2.45, 2.75) is 35.0 Å². The smallest absolute Gasteiger partial charge is 0.0707 e. The second-order valence-corrected chi connectivity index (χ2v) is 17.4. The van der Waals surface area contributed by atoms with Crippen molar-refractivity contribution in [3.8, 4) is 45.7 Å². The monoisotopic (exact) mass is 809 g/mol. The van der Waals surface area contributed by atoms with Crippen molar-refractivity contribution in [2.24, 2.45) is 0 Å². The highest BCUT2D eigenvalue weighted by molar-refractivity contribution is 7.99. The van der Waals surface area contributed by atoms with Crippen molar-refractivity contribution in [1.29, 1.82) is 0 Å². The summed E-state index contributed by atoms with van der Waals surface area (Å²) in [7, 11) is 0. The van der Waals surface area contributed by atoms with Gasteiger partial charge in [0, 0.05) is 26.9 Å². The summed E-state index contributed by atoms with van der Waals surface area (Å²) < 4.78 is 0. The third-order valence-electron chi connectivity index (χ3n) is 13.0. The average molecular weight is 810 g/mol. The van der Waals surface area contributed by atoms with E-state index in [-0.39, 0.29) is 0 Å². The minimum Gasteiger partial charge on any atom is -0.311 e. The summed E-state index contributed by atoms with van der Waals surface area (Å²) in [6.07, 6.45) is 16.5. The fourth-order valence-electron chi connectivity index (χ4n) is 10.2. The predicted molar refractivity (Wildman–Crippen MR) is 262 cm³/mol. The second-order valence-electron chi connectivity index (χ2n) is 16.3. The molecule has 1 unspecified atom stereocenters. The highest BCUT2D eigenvalue weighted by atomic mass is 32.2. The first kappa shape index (κ1) is 37.7. The number of hydrogen-bond acceptors (Lipinski definition) is 2. The van der Waals surface area contributed by atoms with Crippen LogP contribution in [0.15, 0.2) is 222 Å². The van der Waals surface area contributed by atoms with Gasteiger partial charge in [-0.2, -0.15) is 0 Å². The Morgan fingerprint density at radius 2 is 1.11 bits per heavy atom. The summed E-state index contributed by atoms with van der Waals surface area (Å²) in [4.78, 5) is 5.00. The lowest BCUT2D eigenvalue weighted by Crippen LogP contribution is -2.35. The van der Waals surface area contributed by atoms with Crippen LogP contribution < -0.4 is 4.90 Å². The molecule has 0 saturated carbocycles. The standard InChI is InChI=1S/C60H43NS/c1-3-4-16-42-33-40-57-58(41(42)2)60(55-25-13-14-26-56(55)62-57)54-24-12-11-21-52(54)53-23-15-22-51(59(53)60)47-31-38-50(39-32-47)61(48-34-27-45(28-35-48)43-17-7-5-8-18-43)49-36-29-46(30-37-49)44-19-9-6-10-20-44/h1,4-11,13-23,25-40H,12,24H2,2H3/b16-4-. The van der Waals surface area contributed by atoms with E-state index in [0.29, 0.717) is 0 Å². The van der Waals surface area contributed by atoms with Crippen molar-refractivity contribution in [1.82, 2.24) is 0 Å². The third-order valence-corrected chi connectivity index (χ3v) is 14.1. The Kier molecular flexibility index (Phi) is 9.49. The van der Waals surface area contributed by atoms with E-state index in [9.17, 15) is 0 Å². The minimum absolute atomic E-state index is 0.459. The molecule has 0 radical (unpaired) electrons. The van der Waals surface area contributed by atoms with Crippen LogP contribution in [0.5, 0.6) is 0 Å². The second kappa shape index (κ2) is 15.6. The highest BCUT2D eigenvalue weighted by Crippen LogP contribution is 2.65. The van der Waals surface area contributed by atoms with E-state index in [1.54, 1.807) is 0 Å². The number of nitrogens with zero attached hydrogens (tertiary/aromatic N) is 1. The molecule has 0 fully saturated rings. The lowest BCUT2D eigenvalue weighted by atomic mass is 9.62. The van der Waals surface area contributed by atoms with Gasteiger partial charge in [0.05, 0.1) is 5.41 Å². The Balaban J connectivity index is 1.07. The first-order valence-electron chi connectivity index (χ1n) is 21.4. The SMILES string of the molecule is C#C/C=C\c1ccc2c(c1C)C1(C3=C(C=CCC3)c3cccc(-c4ccc(N(c5ccc(-c6ccccc6)cc5)c5ccc(-c6ccccc6)cc5)cc4)c31)c1ccccc1S2. The molecule has 0 aromatic heterocycles. The fraction of sp³-hybridized carbons (Fsp3) is 0.0667. The van der Waals surface area contributed by atoms with Gasteiger partial charge in [0.2, 0.25) is 0 Å². The Hall–Kier alpha value is -7.31. The maximum atomic E-state index is 5.77. The van der Waals surface area contributed by atoms with Crippen molar-refractivity contribution in [2.75, 3.05) is 4.90 Å². The van der Waals surface area contributed by atoms with E-state index in [1.165, 1.54) is 87.7 Å². The quantitative estimate of drug-likeness (QED) is 0.148. The van der Waals surface area contributed by atoms with Gasteiger partial charge in [-0.15, -0.1) is 6.42 Å². The van der Waals surface area contributed by atoms with E-state index >= 15 is 0 Å². The van der Waals surface area contributed by atoms with Crippen LogP contribution in [0, 0.1) is 19.3 Å². The van der Waals surface area contributed by atoms with Crippen molar-refractivity contribution >= 4 is 40.5 Å². The van der Waals surface area contributed by atoms with Gasteiger partial charge in [-0.25, -0.2) is 0 Å². The van der Waals surface area contributed by atoms with E-state index in [1.807, 2.05) is 17.8 Å². The molecule has 2 heteroatoms. The molecule has 2 aliphatic carbocycles. The summed E-state index contributed by atoms with van der Waals surface area (Å²) >= 11 is 1.90. The fourth-order valence-corrected chi connectivity index (χ4v) is 11.5. The molecule has 0 bridgehead atoms. The summed E-state index contributed by atoms with van der Waals surface area (Å²) in [6, 6.07) is 69.0. The zero-order chi connectivity index (χ0) is 41.6. The first-order chi connectivity index (χ1) is 30.6. The molecule has 1 heterocycles. The van der Waals surface area contributed by atoms with Crippen LogP contribution in [0.2, 0.25) is 0 Å². The topological polar surface area (TPSA) is 3.24 Å². The molecule has 1 spiro atoms. The zero-order valence-corrected chi connectivity index (χ0v) is 35.4. The molecular weight excluding hydrogens is 767 g/mol. The largest absolute Gasteiger partial charge is 0.311 e. The summed E-state index contributed by atoms with van der Waals surface area (Å²) in [5.41, 5.74) is 20.9. The lowest BCUT2D eigenvalue weighted by molar-refractivity contribution is 0.660. The van der Waals surface area contributed by atoms with Crippen LogP contribution in [-0.2, 0) is 5.41 Å². The van der Waals surface area contributed by atoms with E-state index in [0.717, 1.165) is 29.9 Å². The molecule has 3 aliphatic rings. The number of allylic oxidation sites excluding steroid dienone is 5. The molecule has 1 aliphatic heterocycles. The number of fused-ring (bicyclic) bond motifs is 8. The van der Waals surface area contributed by atoms with E-state index in [4.69, 9.17) is 6.42 Å². The minimum atomic E-state index is -0.459. The van der Waals surface area contributed by atoms with Crippen molar-refractivity contribution in [3.63, 3.8) is 0 Å². The Bertz CT molecular complexity index is 3050. The Morgan fingerprint density at radius 1 is 0.548 bits per heavy atom.